The maximum atomic E-state index is 11.0. The number of nitrogens with one attached hydrogen (secondary N) is 1. The van der Waals surface area contributed by atoms with Gasteiger partial charge in [0.15, 0.2) is 0 Å². The Balaban J connectivity index is 2.06. The predicted octanol–water partition coefficient (Wildman–Crippen LogP) is 2.05. The number of rotatable bonds is 6. The zero-order chi connectivity index (χ0) is 11.5. The van der Waals surface area contributed by atoms with Gasteiger partial charge in [-0.1, -0.05) is 13.3 Å². The van der Waals surface area contributed by atoms with E-state index in [0.717, 1.165) is 23.5 Å². The largest absolute Gasteiger partial charge is 0.477 e. The van der Waals surface area contributed by atoms with Gasteiger partial charge in [0.05, 0.1) is 5.69 Å². The van der Waals surface area contributed by atoms with Gasteiger partial charge in [-0.2, -0.15) is 0 Å². The minimum absolute atomic E-state index is 0.412. The van der Waals surface area contributed by atoms with E-state index in [9.17, 15) is 4.79 Å². The third kappa shape index (κ3) is 2.80. The molecule has 0 saturated heterocycles. The number of hydrogen-bond acceptors (Lipinski definition) is 4. The molecule has 0 radical (unpaired) electrons. The fourth-order valence-corrected chi connectivity index (χ4v) is 2.47. The second-order valence-corrected chi connectivity index (χ2v) is 5.18. The van der Waals surface area contributed by atoms with E-state index in [2.05, 4.69) is 10.3 Å². The van der Waals surface area contributed by atoms with Crippen molar-refractivity contribution in [2.45, 2.75) is 45.2 Å². The van der Waals surface area contributed by atoms with Gasteiger partial charge in [-0.05, 0) is 19.3 Å². The number of thiazole rings is 1. The maximum Gasteiger partial charge on any atom is 0.347 e. The van der Waals surface area contributed by atoms with E-state index < -0.39 is 5.97 Å². The van der Waals surface area contributed by atoms with Gasteiger partial charge in [0.1, 0.15) is 9.88 Å². The topological polar surface area (TPSA) is 62.2 Å². The molecule has 0 bridgehead atoms. The molecule has 1 fully saturated rings. The lowest BCUT2D eigenvalue weighted by atomic mass is 10.2. The minimum atomic E-state index is -0.848. The van der Waals surface area contributed by atoms with Crippen LogP contribution in [0.15, 0.2) is 0 Å². The Labute approximate surface area is 98.7 Å². The highest BCUT2D eigenvalue weighted by Crippen LogP contribution is 2.23. The van der Waals surface area contributed by atoms with E-state index in [1.54, 1.807) is 0 Å². The molecular formula is C11H16N2O2S. The van der Waals surface area contributed by atoms with Crippen LogP contribution in [0.1, 0.15) is 46.6 Å². The van der Waals surface area contributed by atoms with Gasteiger partial charge in [-0.3, -0.25) is 0 Å². The van der Waals surface area contributed by atoms with Crippen molar-refractivity contribution in [1.82, 2.24) is 10.3 Å². The van der Waals surface area contributed by atoms with E-state index in [0.29, 0.717) is 17.5 Å². The van der Waals surface area contributed by atoms with Crippen molar-refractivity contribution in [3.05, 3.63) is 15.6 Å². The molecule has 2 rings (SSSR count). The molecule has 1 heterocycles. The van der Waals surface area contributed by atoms with E-state index in [1.807, 2.05) is 6.92 Å². The van der Waals surface area contributed by atoms with Crippen LogP contribution >= 0.6 is 11.3 Å². The normalized spacial score (nSPS) is 15.3. The minimum Gasteiger partial charge on any atom is -0.477 e. The van der Waals surface area contributed by atoms with Crippen molar-refractivity contribution in [2.75, 3.05) is 0 Å². The lowest BCUT2D eigenvalue weighted by molar-refractivity contribution is 0.0700. The fourth-order valence-electron chi connectivity index (χ4n) is 1.57. The highest BCUT2D eigenvalue weighted by atomic mass is 32.1. The predicted molar refractivity (Wildman–Crippen MR) is 62.9 cm³/mol. The summed E-state index contributed by atoms with van der Waals surface area (Å²) < 4.78 is 0. The molecule has 2 N–H and O–H groups in total. The van der Waals surface area contributed by atoms with Gasteiger partial charge < -0.3 is 10.4 Å². The third-order valence-corrected chi connectivity index (χ3v) is 3.63. The first kappa shape index (κ1) is 11.5. The Morgan fingerprint density at radius 1 is 1.62 bits per heavy atom. The SMILES string of the molecule is CCCc1nc(CNC2CC2)sc1C(=O)O. The molecule has 1 saturated carbocycles. The Morgan fingerprint density at radius 2 is 2.38 bits per heavy atom. The van der Waals surface area contributed by atoms with Crippen LogP contribution in [-0.2, 0) is 13.0 Å². The summed E-state index contributed by atoms with van der Waals surface area (Å²) in [6, 6.07) is 0.631. The quantitative estimate of drug-likeness (QED) is 0.799. The number of carbonyl (C=O) groups is 1. The number of aryl methyl sites for hydroxylation is 1. The molecule has 0 atom stereocenters. The van der Waals surface area contributed by atoms with Crippen LogP contribution < -0.4 is 5.32 Å². The summed E-state index contributed by atoms with van der Waals surface area (Å²) in [7, 11) is 0. The van der Waals surface area contributed by atoms with Gasteiger partial charge in [-0.25, -0.2) is 9.78 Å². The van der Waals surface area contributed by atoms with E-state index >= 15 is 0 Å². The summed E-state index contributed by atoms with van der Waals surface area (Å²) in [5.41, 5.74) is 0.743. The molecular weight excluding hydrogens is 224 g/mol. The molecule has 0 amide bonds. The highest BCUT2D eigenvalue weighted by molar-refractivity contribution is 7.13. The van der Waals surface area contributed by atoms with Crippen molar-refractivity contribution in [2.24, 2.45) is 0 Å². The van der Waals surface area contributed by atoms with Gasteiger partial charge >= 0.3 is 5.97 Å². The summed E-state index contributed by atoms with van der Waals surface area (Å²) in [6.07, 6.45) is 4.15. The van der Waals surface area contributed by atoms with Crippen LogP contribution in [0.4, 0.5) is 0 Å². The average molecular weight is 240 g/mol. The van der Waals surface area contributed by atoms with Crippen LogP contribution in [0.5, 0.6) is 0 Å². The molecule has 5 heteroatoms. The van der Waals surface area contributed by atoms with E-state index in [1.165, 1.54) is 24.2 Å². The molecule has 1 aliphatic carbocycles. The summed E-state index contributed by atoms with van der Waals surface area (Å²) >= 11 is 1.30. The van der Waals surface area contributed by atoms with Crippen molar-refractivity contribution in [3.63, 3.8) is 0 Å². The Morgan fingerprint density at radius 3 is 2.94 bits per heavy atom. The molecule has 16 heavy (non-hydrogen) atoms. The molecule has 1 aromatic heterocycles. The Bertz CT molecular complexity index is 385. The van der Waals surface area contributed by atoms with Gasteiger partial charge in [0, 0.05) is 12.6 Å². The van der Waals surface area contributed by atoms with Gasteiger partial charge in [0.25, 0.3) is 0 Å². The second kappa shape index (κ2) is 4.93. The summed E-state index contributed by atoms with van der Waals surface area (Å²) in [5.74, 6) is -0.848. The molecule has 0 spiro atoms. The van der Waals surface area contributed by atoms with Gasteiger partial charge in [0.2, 0.25) is 0 Å². The van der Waals surface area contributed by atoms with Crippen molar-refractivity contribution >= 4 is 17.3 Å². The third-order valence-electron chi connectivity index (χ3n) is 2.54. The number of aromatic nitrogens is 1. The van der Waals surface area contributed by atoms with Crippen molar-refractivity contribution in [1.29, 1.82) is 0 Å². The first-order chi connectivity index (χ1) is 7.70. The Kier molecular flexibility index (Phi) is 3.56. The standard InChI is InChI=1S/C11H16N2O2S/c1-2-3-8-10(11(14)15)16-9(13-8)6-12-7-4-5-7/h7,12H,2-6H2,1H3,(H,14,15). The number of carboxylic acids is 1. The first-order valence-corrected chi connectivity index (χ1v) is 6.47. The fraction of sp³-hybridized carbons (Fsp3) is 0.636. The van der Waals surface area contributed by atoms with Gasteiger partial charge in [-0.15, -0.1) is 11.3 Å². The molecule has 88 valence electrons. The van der Waals surface area contributed by atoms with Crippen molar-refractivity contribution < 1.29 is 9.90 Å². The average Bonchev–Trinajstić information content (AvgIpc) is 2.97. The number of hydrogen-bond donors (Lipinski definition) is 2. The lowest BCUT2D eigenvalue weighted by Crippen LogP contribution is -2.15. The number of carboxylic acid groups (broad SMARTS) is 1. The monoisotopic (exact) mass is 240 g/mol. The summed E-state index contributed by atoms with van der Waals surface area (Å²) in [4.78, 5) is 15.8. The maximum absolute atomic E-state index is 11.0. The van der Waals surface area contributed by atoms with Crippen LogP contribution in [-0.4, -0.2) is 22.1 Å². The van der Waals surface area contributed by atoms with Crippen molar-refractivity contribution in [3.8, 4) is 0 Å². The zero-order valence-electron chi connectivity index (χ0n) is 9.32. The van der Waals surface area contributed by atoms with Crippen LogP contribution in [0, 0.1) is 0 Å². The molecule has 1 aliphatic rings. The van der Waals surface area contributed by atoms with Crippen LogP contribution in [0.25, 0.3) is 0 Å². The second-order valence-electron chi connectivity index (χ2n) is 4.09. The number of nitrogens with zero attached hydrogens (tertiary/aromatic N) is 1. The van der Waals surface area contributed by atoms with E-state index in [-0.39, 0.29) is 0 Å². The summed E-state index contributed by atoms with van der Waals surface area (Å²) in [5, 5.41) is 13.3. The molecule has 0 aliphatic heterocycles. The molecule has 0 unspecified atom stereocenters. The zero-order valence-corrected chi connectivity index (χ0v) is 10.1. The number of aromatic carboxylic acids is 1. The van der Waals surface area contributed by atoms with E-state index in [4.69, 9.17) is 5.11 Å². The van der Waals surface area contributed by atoms with Crippen LogP contribution in [0.3, 0.4) is 0 Å². The Hall–Kier alpha value is -0.940. The first-order valence-electron chi connectivity index (χ1n) is 5.66. The molecule has 4 nitrogen and oxygen atoms in total. The highest BCUT2D eigenvalue weighted by Gasteiger charge is 2.22. The summed E-state index contributed by atoms with van der Waals surface area (Å²) in [6.45, 7) is 2.74. The van der Waals surface area contributed by atoms with Crippen LogP contribution in [0.2, 0.25) is 0 Å². The molecule has 0 aromatic carbocycles. The molecule has 1 aromatic rings. The lowest BCUT2D eigenvalue weighted by Gasteiger charge is -1.96. The smallest absolute Gasteiger partial charge is 0.347 e.